The van der Waals surface area contributed by atoms with Gasteiger partial charge in [0.15, 0.2) is 5.82 Å². The summed E-state index contributed by atoms with van der Waals surface area (Å²) >= 11 is 0. The molecule has 0 saturated heterocycles. The lowest BCUT2D eigenvalue weighted by Gasteiger charge is -2.13. The Bertz CT molecular complexity index is 601. The van der Waals surface area contributed by atoms with E-state index >= 15 is 0 Å². The number of anilines is 1. The Morgan fingerprint density at radius 2 is 2.00 bits per heavy atom. The van der Waals surface area contributed by atoms with Crippen LogP contribution in [0.25, 0.3) is 0 Å². The molecule has 8 heteroatoms. The molecule has 2 rings (SSSR count). The third-order valence-electron chi connectivity index (χ3n) is 3.81. The standard InChI is InChI=1S/C13H22N4O3S/c1-17-9-11(21(14,19)20)13(16-17)15-12(18)8-10-6-4-2-3-5-7-10/h9-10H,2-8H2,1H3,(H2,14,19,20)(H,15,16,18). The van der Waals surface area contributed by atoms with Gasteiger partial charge in [0.25, 0.3) is 0 Å². The van der Waals surface area contributed by atoms with E-state index in [9.17, 15) is 13.2 Å². The highest BCUT2D eigenvalue weighted by Crippen LogP contribution is 2.26. The summed E-state index contributed by atoms with van der Waals surface area (Å²) in [5.41, 5.74) is 0. The van der Waals surface area contributed by atoms with Gasteiger partial charge in [-0.3, -0.25) is 9.48 Å². The van der Waals surface area contributed by atoms with Crippen LogP contribution < -0.4 is 10.5 Å². The Morgan fingerprint density at radius 3 is 2.57 bits per heavy atom. The summed E-state index contributed by atoms with van der Waals surface area (Å²) < 4.78 is 24.2. The number of nitrogens with zero attached hydrogens (tertiary/aromatic N) is 2. The number of primary sulfonamides is 1. The predicted molar refractivity (Wildman–Crippen MR) is 79.0 cm³/mol. The van der Waals surface area contributed by atoms with Gasteiger partial charge in [-0.15, -0.1) is 0 Å². The number of carbonyl (C=O) groups excluding carboxylic acids is 1. The van der Waals surface area contributed by atoms with Crippen molar-refractivity contribution in [1.82, 2.24) is 9.78 Å². The fourth-order valence-corrected chi connectivity index (χ4v) is 3.44. The van der Waals surface area contributed by atoms with E-state index in [0.717, 1.165) is 25.7 Å². The Balaban J connectivity index is 2.02. The van der Waals surface area contributed by atoms with Crippen LogP contribution in [0.1, 0.15) is 44.9 Å². The highest BCUT2D eigenvalue weighted by molar-refractivity contribution is 7.89. The summed E-state index contributed by atoms with van der Waals surface area (Å²) in [7, 11) is -2.32. The van der Waals surface area contributed by atoms with Crippen LogP contribution in [0.2, 0.25) is 0 Å². The monoisotopic (exact) mass is 314 g/mol. The quantitative estimate of drug-likeness (QED) is 0.818. The van der Waals surface area contributed by atoms with Gasteiger partial charge in [-0.25, -0.2) is 13.6 Å². The summed E-state index contributed by atoms with van der Waals surface area (Å²) in [4.78, 5) is 11.9. The van der Waals surface area contributed by atoms with Gasteiger partial charge in [-0.2, -0.15) is 5.10 Å². The van der Waals surface area contributed by atoms with Crippen LogP contribution in [0.15, 0.2) is 11.1 Å². The van der Waals surface area contributed by atoms with Crippen LogP contribution in [0, 0.1) is 5.92 Å². The lowest BCUT2D eigenvalue weighted by Crippen LogP contribution is -2.19. The van der Waals surface area contributed by atoms with Gasteiger partial charge in [0.05, 0.1) is 0 Å². The molecule has 21 heavy (non-hydrogen) atoms. The van der Waals surface area contributed by atoms with Crippen molar-refractivity contribution in [3.05, 3.63) is 6.20 Å². The fourth-order valence-electron chi connectivity index (χ4n) is 2.77. The Kier molecular flexibility index (Phi) is 5.00. The molecular formula is C13H22N4O3S. The minimum Gasteiger partial charge on any atom is -0.308 e. The maximum absolute atomic E-state index is 12.1. The van der Waals surface area contributed by atoms with Gasteiger partial charge in [0.2, 0.25) is 15.9 Å². The summed E-state index contributed by atoms with van der Waals surface area (Å²) in [5, 5.41) is 11.6. The van der Waals surface area contributed by atoms with Gasteiger partial charge in [-0.05, 0) is 18.8 Å². The number of hydrogen-bond donors (Lipinski definition) is 2. The normalized spacial score (nSPS) is 17.4. The first-order valence-corrected chi connectivity index (χ1v) is 8.77. The molecular weight excluding hydrogens is 292 g/mol. The van der Waals surface area contributed by atoms with E-state index in [4.69, 9.17) is 5.14 Å². The molecule has 1 amide bonds. The zero-order chi connectivity index (χ0) is 15.5. The molecule has 0 spiro atoms. The van der Waals surface area contributed by atoms with Crippen LogP contribution >= 0.6 is 0 Å². The first kappa shape index (κ1) is 16.0. The number of hydrogen-bond acceptors (Lipinski definition) is 4. The molecule has 0 aromatic carbocycles. The lowest BCUT2D eigenvalue weighted by atomic mass is 9.96. The molecule has 0 aliphatic heterocycles. The van der Waals surface area contributed by atoms with Crippen LogP contribution in [0.4, 0.5) is 5.82 Å². The van der Waals surface area contributed by atoms with Gasteiger partial charge < -0.3 is 5.32 Å². The summed E-state index contributed by atoms with van der Waals surface area (Å²) in [6.45, 7) is 0. The summed E-state index contributed by atoms with van der Waals surface area (Å²) in [5.74, 6) is 0.179. The number of nitrogens with two attached hydrogens (primary N) is 1. The number of nitrogens with one attached hydrogen (secondary N) is 1. The molecule has 0 atom stereocenters. The van der Waals surface area contributed by atoms with E-state index in [1.54, 1.807) is 7.05 Å². The topological polar surface area (TPSA) is 107 Å². The minimum absolute atomic E-state index is 0.0126. The number of carbonyl (C=O) groups is 1. The summed E-state index contributed by atoms with van der Waals surface area (Å²) in [6, 6.07) is 0. The Hall–Kier alpha value is -1.41. The average molecular weight is 314 g/mol. The smallest absolute Gasteiger partial charge is 0.243 e. The second-order valence-electron chi connectivity index (χ2n) is 5.67. The van der Waals surface area contributed by atoms with Crippen molar-refractivity contribution in [2.45, 2.75) is 49.8 Å². The molecule has 1 aliphatic rings. The van der Waals surface area contributed by atoms with E-state index < -0.39 is 10.0 Å². The molecule has 1 aromatic heterocycles. The molecule has 3 N–H and O–H groups in total. The molecule has 1 saturated carbocycles. The van der Waals surface area contributed by atoms with Crippen LogP contribution in [-0.4, -0.2) is 24.1 Å². The number of aryl methyl sites for hydroxylation is 1. The van der Waals surface area contributed by atoms with Gasteiger partial charge in [-0.1, -0.05) is 25.7 Å². The van der Waals surface area contributed by atoms with Gasteiger partial charge in [0, 0.05) is 19.7 Å². The molecule has 0 bridgehead atoms. The van der Waals surface area contributed by atoms with Crippen molar-refractivity contribution >= 4 is 21.7 Å². The predicted octanol–water partition coefficient (Wildman–Crippen LogP) is 1.37. The molecule has 0 radical (unpaired) electrons. The zero-order valence-electron chi connectivity index (χ0n) is 12.2. The van der Waals surface area contributed by atoms with Crippen LogP contribution in [0.5, 0.6) is 0 Å². The first-order chi connectivity index (χ1) is 9.86. The van der Waals surface area contributed by atoms with Crippen molar-refractivity contribution in [2.75, 3.05) is 5.32 Å². The molecule has 0 unspecified atom stereocenters. The third kappa shape index (κ3) is 4.53. The van der Waals surface area contributed by atoms with Crippen molar-refractivity contribution in [3.8, 4) is 0 Å². The fraction of sp³-hybridized carbons (Fsp3) is 0.692. The van der Waals surface area contributed by atoms with Crippen LogP contribution in [-0.2, 0) is 21.9 Å². The van der Waals surface area contributed by atoms with Crippen LogP contribution in [0.3, 0.4) is 0 Å². The Labute approximate surface area is 124 Å². The van der Waals surface area contributed by atoms with Gasteiger partial charge >= 0.3 is 0 Å². The number of sulfonamides is 1. The Morgan fingerprint density at radius 1 is 1.38 bits per heavy atom. The molecule has 1 aromatic rings. The summed E-state index contributed by atoms with van der Waals surface area (Å²) in [6.07, 6.45) is 8.57. The highest BCUT2D eigenvalue weighted by Gasteiger charge is 2.22. The van der Waals surface area contributed by atoms with E-state index in [0.29, 0.717) is 12.3 Å². The molecule has 1 heterocycles. The second kappa shape index (κ2) is 6.57. The molecule has 1 aliphatic carbocycles. The molecule has 7 nitrogen and oxygen atoms in total. The van der Waals surface area contributed by atoms with E-state index in [1.165, 1.54) is 23.7 Å². The maximum Gasteiger partial charge on any atom is 0.243 e. The minimum atomic E-state index is -3.90. The van der Waals surface area contributed by atoms with Crippen molar-refractivity contribution < 1.29 is 13.2 Å². The van der Waals surface area contributed by atoms with E-state index in [2.05, 4.69) is 10.4 Å². The number of rotatable bonds is 4. The van der Waals surface area contributed by atoms with Gasteiger partial charge in [0.1, 0.15) is 4.90 Å². The van der Waals surface area contributed by atoms with Crippen molar-refractivity contribution in [2.24, 2.45) is 18.1 Å². The lowest BCUT2D eigenvalue weighted by molar-refractivity contribution is -0.117. The largest absolute Gasteiger partial charge is 0.308 e. The third-order valence-corrected chi connectivity index (χ3v) is 4.72. The molecule has 1 fully saturated rings. The second-order valence-corrected chi connectivity index (χ2v) is 7.20. The maximum atomic E-state index is 12.1. The number of aromatic nitrogens is 2. The zero-order valence-corrected chi connectivity index (χ0v) is 13.0. The first-order valence-electron chi connectivity index (χ1n) is 7.22. The SMILES string of the molecule is Cn1cc(S(N)(=O)=O)c(NC(=O)CC2CCCCCC2)n1. The highest BCUT2D eigenvalue weighted by atomic mass is 32.2. The van der Waals surface area contributed by atoms with E-state index in [-0.39, 0.29) is 16.6 Å². The molecule has 118 valence electrons. The average Bonchev–Trinajstić information content (AvgIpc) is 2.59. The van der Waals surface area contributed by atoms with E-state index in [1.807, 2.05) is 0 Å². The number of amides is 1. The van der Waals surface area contributed by atoms with Crippen molar-refractivity contribution in [1.29, 1.82) is 0 Å². The van der Waals surface area contributed by atoms with Crippen molar-refractivity contribution in [3.63, 3.8) is 0 Å².